The molecule has 4 heteroatoms. The van der Waals surface area contributed by atoms with E-state index in [0.29, 0.717) is 0 Å². The number of rotatable bonds is 3. The van der Waals surface area contributed by atoms with Crippen molar-refractivity contribution in [2.45, 2.75) is 19.9 Å². The first-order chi connectivity index (χ1) is 9.22. The van der Waals surface area contributed by atoms with Crippen molar-refractivity contribution in [1.29, 1.82) is 0 Å². The van der Waals surface area contributed by atoms with Crippen molar-refractivity contribution < 1.29 is 4.79 Å². The fraction of sp³-hybridized carbons (Fsp3) is 0.200. The fourth-order valence-corrected chi connectivity index (χ4v) is 1.85. The molecule has 0 saturated heterocycles. The first-order valence-corrected chi connectivity index (χ1v) is 6.04. The Morgan fingerprint density at radius 3 is 2.79 bits per heavy atom. The molecule has 0 radical (unpaired) electrons. The van der Waals surface area contributed by atoms with Crippen LogP contribution in [-0.2, 0) is 4.79 Å². The van der Waals surface area contributed by atoms with Gasteiger partial charge in [0.25, 0.3) is 5.91 Å². The molecule has 0 fully saturated rings. The van der Waals surface area contributed by atoms with Gasteiger partial charge in [-0.2, -0.15) is 0 Å². The summed E-state index contributed by atoms with van der Waals surface area (Å²) in [5.41, 5.74) is 1.01. The normalized spacial score (nSPS) is 11.3. The molecule has 1 amide bonds. The molecule has 0 aliphatic carbocycles. The van der Waals surface area contributed by atoms with Crippen molar-refractivity contribution in [1.82, 2.24) is 14.9 Å². The molecule has 4 nitrogen and oxygen atoms in total. The first-order valence-electron chi connectivity index (χ1n) is 6.04. The number of benzene rings is 1. The van der Waals surface area contributed by atoms with Crippen molar-refractivity contribution in [3.63, 3.8) is 0 Å². The quantitative estimate of drug-likeness (QED) is 0.851. The summed E-state index contributed by atoms with van der Waals surface area (Å²) in [5, 5.41) is 2.80. The molecule has 19 heavy (non-hydrogen) atoms. The number of nitrogens with zero attached hydrogens (tertiary/aromatic N) is 2. The predicted molar refractivity (Wildman–Crippen MR) is 73.6 cm³/mol. The van der Waals surface area contributed by atoms with E-state index in [-0.39, 0.29) is 11.9 Å². The van der Waals surface area contributed by atoms with Crippen molar-refractivity contribution in [3.8, 4) is 17.5 Å². The number of nitrogens with one attached hydrogen (secondary N) is 1. The molecule has 1 aromatic carbocycles. The van der Waals surface area contributed by atoms with E-state index in [2.05, 4.69) is 22.1 Å². The van der Waals surface area contributed by atoms with Crippen LogP contribution in [0.5, 0.6) is 0 Å². The summed E-state index contributed by atoms with van der Waals surface area (Å²) in [6.07, 6.45) is 3.59. The molecule has 1 atom stereocenters. The van der Waals surface area contributed by atoms with Gasteiger partial charge in [-0.3, -0.25) is 4.79 Å². The highest BCUT2D eigenvalue weighted by Crippen LogP contribution is 2.15. The number of carbonyl (C=O) groups is 1. The lowest BCUT2D eigenvalue weighted by molar-refractivity contribution is -0.116. The Balaban J connectivity index is 2.24. The third-order valence-electron chi connectivity index (χ3n) is 2.68. The largest absolute Gasteiger partial charge is 0.336 e. The molecule has 1 N–H and O–H groups in total. The van der Waals surface area contributed by atoms with Gasteiger partial charge in [-0.15, -0.1) is 0 Å². The molecular formula is C15H15N3O. The maximum absolute atomic E-state index is 11.5. The van der Waals surface area contributed by atoms with Gasteiger partial charge in [-0.1, -0.05) is 24.1 Å². The van der Waals surface area contributed by atoms with Crippen molar-refractivity contribution in [2.75, 3.05) is 0 Å². The maximum Gasteiger partial charge on any atom is 0.296 e. The van der Waals surface area contributed by atoms with Gasteiger partial charge in [0.15, 0.2) is 0 Å². The van der Waals surface area contributed by atoms with E-state index in [9.17, 15) is 4.79 Å². The van der Waals surface area contributed by atoms with Gasteiger partial charge in [0.05, 0.1) is 6.04 Å². The van der Waals surface area contributed by atoms with E-state index >= 15 is 0 Å². The second kappa shape index (κ2) is 5.87. The van der Waals surface area contributed by atoms with Crippen LogP contribution < -0.4 is 5.32 Å². The number of amides is 1. The Hall–Kier alpha value is -2.54. The molecule has 1 aromatic heterocycles. The van der Waals surface area contributed by atoms with Crippen LogP contribution in [0.4, 0.5) is 0 Å². The van der Waals surface area contributed by atoms with Crippen LogP contribution in [0.25, 0.3) is 5.69 Å². The molecule has 1 unspecified atom stereocenters. The summed E-state index contributed by atoms with van der Waals surface area (Å²) < 4.78 is 1.95. The molecule has 0 bridgehead atoms. The molecule has 2 rings (SSSR count). The Morgan fingerprint density at radius 2 is 2.11 bits per heavy atom. The number of aromatic nitrogens is 2. The Kier molecular flexibility index (Phi) is 3.99. The van der Waals surface area contributed by atoms with Crippen molar-refractivity contribution >= 4 is 5.91 Å². The van der Waals surface area contributed by atoms with E-state index in [1.165, 1.54) is 0 Å². The van der Waals surface area contributed by atoms with Crippen molar-refractivity contribution in [2.24, 2.45) is 0 Å². The van der Waals surface area contributed by atoms with Gasteiger partial charge in [0, 0.05) is 18.1 Å². The van der Waals surface area contributed by atoms with E-state index in [4.69, 9.17) is 0 Å². The number of carbonyl (C=O) groups excluding carboxylic acids is 1. The SMILES string of the molecule is CC#CC(=O)NC(C)c1nccn1-c1ccccc1. The van der Waals surface area contributed by atoms with E-state index in [1.54, 1.807) is 13.1 Å². The average molecular weight is 253 g/mol. The van der Waals surface area contributed by atoms with E-state index in [0.717, 1.165) is 11.5 Å². The van der Waals surface area contributed by atoms with Crippen LogP contribution in [0.3, 0.4) is 0 Å². The maximum atomic E-state index is 11.5. The van der Waals surface area contributed by atoms with E-state index in [1.807, 2.05) is 48.0 Å². The second-order valence-electron chi connectivity index (χ2n) is 4.06. The fourth-order valence-electron chi connectivity index (χ4n) is 1.85. The Bertz CT molecular complexity index is 620. The van der Waals surface area contributed by atoms with Crippen LogP contribution in [0.1, 0.15) is 25.7 Å². The summed E-state index contributed by atoms with van der Waals surface area (Å²) in [4.78, 5) is 15.8. The molecule has 96 valence electrons. The molecule has 1 heterocycles. The molecule has 0 saturated carbocycles. The van der Waals surface area contributed by atoms with Gasteiger partial charge in [-0.25, -0.2) is 4.98 Å². The summed E-state index contributed by atoms with van der Waals surface area (Å²) in [6.45, 7) is 3.52. The summed E-state index contributed by atoms with van der Waals surface area (Å²) in [7, 11) is 0. The highest BCUT2D eigenvalue weighted by atomic mass is 16.1. The summed E-state index contributed by atoms with van der Waals surface area (Å²) in [6, 6.07) is 9.67. The summed E-state index contributed by atoms with van der Waals surface area (Å²) in [5.74, 6) is 5.52. The standard InChI is InChI=1S/C15H15N3O/c1-3-7-14(19)17-12(2)15-16-10-11-18(15)13-8-5-4-6-9-13/h4-6,8-12H,1-2H3,(H,17,19). The number of para-hydroxylation sites is 1. The zero-order valence-corrected chi connectivity index (χ0v) is 10.9. The molecule has 0 aliphatic heterocycles. The Morgan fingerprint density at radius 1 is 1.37 bits per heavy atom. The first kappa shape index (κ1) is 12.9. The third-order valence-corrected chi connectivity index (χ3v) is 2.68. The number of hydrogen-bond donors (Lipinski definition) is 1. The topological polar surface area (TPSA) is 46.9 Å². The predicted octanol–water partition coefficient (Wildman–Crippen LogP) is 2.07. The molecule has 0 aliphatic rings. The van der Waals surface area contributed by atoms with Crippen LogP contribution >= 0.6 is 0 Å². The van der Waals surface area contributed by atoms with Crippen LogP contribution in [0, 0.1) is 11.8 Å². The number of hydrogen-bond acceptors (Lipinski definition) is 2. The molecule has 0 spiro atoms. The average Bonchev–Trinajstić information content (AvgIpc) is 2.89. The lowest BCUT2D eigenvalue weighted by Gasteiger charge is -2.14. The minimum Gasteiger partial charge on any atom is -0.336 e. The zero-order chi connectivity index (χ0) is 13.7. The lowest BCUT2D eigenvalue weighted by Crippen LogP contribution is -2.27. The Labute approximate surface area is 112 Å². The number of imidazole rings is 1. The minimum absolute atomic E-state index is 0.205. The monoisotopic (exact) mass is 253 g/mol. The van der Waals surface area contributed by atoms with Gasteiger partial charge in [0.2, 0.25) is 0 Å². The highest BCUT2D eigenvalue weighted by Gasteiger charge is 2.14. The van der Waals surface area contributed by atoms with Gasteiger partial charge in [-0.05, 0) is 31.9 Å². The van der Waals surface area contributed by atoms with Crippen LogP contribution in [0.2, 0.25) is 0 Å². The van der Waals surface area contributed by atoms with Gasteiger partial charge >= 0.3 is 0 Å². The smallest absolute Gasteiger partial charge is 0.296 e. The van der Waals surface area contributed by atoms with Crippen molar-refractivity contribution in [3.05, 3.63) is 48.5 Å². The highest BCUT2D eigenvalue weighted by molar-refractivity contribution is 5.93. The van der Waals surface area contributed by atoms with Gasteiger partial charge < -0.3 is 9.88 Å². The zero-order valence-electron chi connectivity index (χ0n) is 10.9. The second-order valence-corrected chi connectivity index (χ2v) is 4.06. The lowest BCUT2D eigenvalue weighted by atomic mass is 10.2. The molecular weight excluding hydrogens is 238 g/mol. The molecule has 2 aromatic rings. The third kappa shape index (κ3) is 3.02. The minimum atomic E-state index is -0.294. The van der Waals surface area contributed by atoms with E-state index < -0.39 is 0 Å². The van der Waals surface area contributed by atoms with Gasteiger partial charge in [0.1, 0.15) is 5.82 Å². The summed E-state index contributed by atoms with van der Waals surface area (Å²) >= 11 is 0. The van der Waals surface area contributed by atoms with Crippen LogP contribution in [-0.4, -0.2) is 15.5 Å². The van der Waals surface area contributed by atoms with Crippen LogP contribution in [0.15, 0.2) is 42.7 Å².